The first-order valence-electron chi connectivity index (χ1n) is 4.83. The molecule has 0 saturated carbocycles. The summed E-state index contributed by atoms with van der Waals surface area (Å²) in [5, 5.41) is -0.553. The quantitative estimate of drug-likeness (QED) is 0.438. The lowest BCUT2D eigenvalue weighted by Gasteiger charge is -2.24. The van der Waals surface area contributed by atoms with Gasteiger partial charge in [0.25, 0.3) is 0 Å². The molecular formula is C10H16O3S. The van der Waals surface area contributed by atoms with Crippen LogP contribution < -0.4 is 0 Å². The zero-order chi connectivity index (χ0) is 10.4. The molecule has 2 atom stereocenters. The molecule has 0 saturated heterocycles. The van der Waals surface area contributed by atoms with E-state index in [0.29, 0.717) is 0 Å². The molecule has 0 bridgehead atoms. The van der Waals surface area contributed by atoms with Gasteiger partial charge in [0.2, 0.25) is 0 Å². The fraction of sp³-hybridized carbons (Fsp3) is 0.700. The number of rotatable bonds is 2. The largest absolute Gasteiger partial charge is 0.447 e. The molecule has 1 rings (SSSR count). The molecule has 0 spiro atoms. The summed E-state index contributed by atoms with van der Waals surface area (Å²) in [7, 11) is 1.64. The molecule has 0 aliphatic heterocycles. The average Bonchev–Trinajstić information content (AvgIpc) is 2.10. The van der Waals surface area contributed by atoms with Crippen LogP contribution in [-0.2, 0) is 9.47 Å². The molecule has 3 nitrogen and oxygen atoms in total. The van der Waals surface area contributed by atoms with Gasteiger partial charge >= 0.3 is 5.30 Å². The third-order valence-corrected chi connectivity index (χ3v) is 2.45. The van der Waals surface area contributed by atoms with Crippen LogP contribution in [0.4, 0.5) is 4.79 Å². The second-order valence-electron chi connectivity index (χ2n) is 3.34. The lowest BCUT2D eigenvalue weighted by molar-refractivity contribution is 0.00135. The summed E-state index contributed by atoms with van der Waals surface area (Å²) in [5.74, 6) is 0. The summed E-state index contributed by atoms with van der Waals surface area (Å²) in [5.41, 5.74) is 0. The maximum Gasteiger partial charge on any atom is 0.364 e. The zero-order valence-corrected chi connectivity index (χ0v) is 9.20. The van der Waals surface area contributed by atoms with Gasteiger partial charge in [-0.05, 0) is 25.3 Å². The van der Waals surface area contributed by atoms with E-state index < -0.39 is 5.30 Å². The van der Waals surface area contributed by atoms with Crippen molar-refractivity contribution in [1.29, 1.82) is 0 Å². The smallest absolute Gasteiger partial charge is 0.364 e. The van der Waals surface area contributed by atoms with Crippen LogP contribution >= 0.6 is 12.6 Å². The molecule has 0 radical (unpaired) electrons. The Balaban J connectivity index is 2.61. The predicted molar refractivity (Wildman–Crippen MR) is 57.7 cm³/mol. The van der Waals surface area contributed by atoms with Crippen molar-refractivity contribution in [2.75, 3.05) is 7.11 Å². The number of carbonyl (C=O) groups excluding carboxylic acids is 1. The van der Waals surface area contributed by atoms with Crippen molar-refractivity contribution in [3.8, 4) is 0 Å². The van der Waals surface area contributed by atoms with Gasteiger partial charge < -0.3 is 9.47 Å². The Bertz CT molecular complexity index is 215. The van der Waals surface area contributed by atoms with E-state index in [4.69, 9.17) is 9.47 Å². The van der Waals surface area contributed by atoms with Crippen LogP contribution in [0.2, 0.25) is 0 Å². The first kappa shape index (κ1) is 11.6. The fourth-order valence-electron chi connectivity index (χ4n) is 1.61. The number of allylic oxidation sites excluding steroid dienone is 1. The van der Waals surface area contributed by atoms with E-state index in [1.165, 1.54) is 0 Å². The Kier molecular flexibility index (Phi) is 5.04. The van der Waals surface area contributed by atoms with Crippen LogP contribution in [-0.4, -0.2) is 24.6 Å². The van der Waals surface area contributed by atoms with E-state index in [-0.39, 0.29) is 12.2 Å². The average molecular weight is 216 g/mol. The first-order valence-corrected chi connectivity index (χ1v) is 5.28. The van der Waals surface area contributed by atoms with Crippen LogP contribution in [0.5, 0.6) is 0 Å². The van der Waals surface area contributed by atoms with Crippen molar-refractivity contribution in [3.05, 3.63) is 12.2 Å². The highest BCUT2D eigenvalue weighted by Crippen LogP contribution is 2.18. The number of thiol groups is 1. The van der Waals surface area contributed by atoms with Crippen molar-refractivity contribution in [2.45, 2.75) is 37.9 Å². The minimum atomic E-state index is -0.553. The second-order valence-corrected chi connectivity index (χ2v) is 3.70. The van der Waals surface area contributed by atoms with Gasteiger partial charge in [0.1, 0.15) is 6.10 Å². The summed E-state index contributed by atoms with van der Waals surface area (Å²) >= 11 is 3.60. The summed E-state index contributed by atoms with van der Waals surface area (Å²) in [4.78, 5) is 10.7. The third-order valence-electron chi connectivity index (χ3n) is 2.34. The van der Waals surface area contributed by atoms with E-state index in [1.807, 2.05) is 12.2 Å². The van der Waals surface area contributed by atoms with Gasteiger partial charge in [-0.3, -0.25) is 0 Å². The molecule has 4 heteroatoms. The number of methoxy groups -OCH3 is 1. The summed E-state index contributed by atoms with van der Waals surface area (Å²) < 4.78 is 10.3. The molecule has 1 aliphatic carbocycles. The fourth-order valence-corrected chi connectivity index (χ4v) is 1.73. The van der Waals surface area contributed by atoms with Crippen LogP contribution in [0.15, 0.2) is 12.2 Å². The molecule has 0 aromatic carbocycles. The van der Waals surface area contributed by atoms with Crippen molar-refractivity contribution in [1.82, 2.24) is 0 Å². The van der Waals surface area contributed by atoms with Crippen molar-refractivity contribution < 1.29 is 14.3 Å². The highest BCUT2D eigenvalue weighted by molar-refractivity contribution is 7.96. The molecular weight excluding hydrogens is 200 g/mol. The van der Waals surface area contributed by atoms with E-state index >= 15 is 0 Å². The van der Waals surface area contributed by atoms with Crippen LogP contribution in [0.1, 0.15) is 25.7 Å². The van der Waals surface area contributed by atoms with Gasteiger partial charge in [-0.25, -0.2) is 4.79 Å². The Morgan fingerprint density at radius 3 is 2.93 bits per heavy atom. The second kappa shape index (κ2) is 6.09. The molecule has 0 N–H and O–H groups in total. The lowest BCUT2D eigenvalue weighted by Crippen LogP contribution is -2.30. The number of hydrogen-bond acceptors (Lipinski definition) is 3. The molecule has 1 aliphatic rings. The molecule has 0 fully saturated rings. The molecule has 0 aromatic rings. The number of ether oxygens (including phenoxy) is 2. The zero-order valence-electron chi connectivity index (χ0n) is 8.31. The topological polar surface area (TPSA) is 35.5 Å². The molecule has 80 valence electrons. The van der Waals surface area contributed by atoms with Crippen molar-refractivity contribution in [3.63, 3.8) is 0 Å². The van der Waals surface area contributed by atoms with Gasteiger partial charge in [-0.15, -0.1) is 0 Å². The minimum absolute atomic E-state index is 0.0392. The van der Waals surface area contributed by atoms with Gasteiger partial charge in [-0.1, -0.05) is 25.1 Å². The normalized spacial score (nSPS) is 30.1. The van der Waals surface area contributed by atoms with E-state index in [1.54, 1.807) is 7.11 Å². The van der Waals surface area contributed by atoms with E-state index in [2.05, 4.69) is 12.6 Å². The monoisotopic (exact) mass is 216 g/mol. The number of hydrogen-bond donors (Lipinski definition) is 1. The first-order chi connectivity index (χ1) is 6.74. The standard InChI is InChI=1S/C10H16O3S/c1-12-8-6-4-2-3-5-7-9(8)13-10(11)14/h5,7-9H,2-4,6H2,1H3,(H,11,14)/b7-5+. The minimum Gasteiger partial charge on any atom is -0.447 e. The maximum atomic E-state index is 10.7. The van der Waals surface area contributed by atoms with Gasteiger partial charge in [0.15, 0.2) is 0 Å². The third kappa shape index (κ3) is 3.72. The van der Waals surface area contributed by atoms with Gasteiger partial charge in [0.05, 0.1) is 6.10 Å². The van der Waals surface area contributed by atoms with Gasteiger partial charge in [0, 0.05) is 7.11 Å². The molecule has 2 unspecified atom stereocenters. The van der Waals surface area contributed by atoms with Crippen LogP contribution in [0.3, 0.4) is 0 Å². The highest BCUT2D eigenvalue weighted by atomic mass is 32.1. The molecule has 0 aromatic heterocycles. The maximum absolute atomic E-state index is 10.7. The summed E-state index contributed by atoms with van der Waals surface area (Å²) in [6.45, 7) is 0. The Labute approximate surface area is 89.9 Å². The lowest BCUT2D eigenvalue weighted by atomic mass is 10.0. The molecule has 0 heterocycles. The molecule has 0 amide bonds. The van der Waals surface area contributed by atoms with Crippen LogP contribution in [0, 0.1) is 0 Å². The molecule has 14 heavy (non-hydrogen) atoms. The van der Waals surface area contributed by atoms with Gasteiger partial charge in [-0.2, -0.15) is 0 Å². The Morgan fingerprint density at radius 2 is 2.29 bits per heavy atom. The number of carbonyl (C=O) groups is 1. The SMILES string of the molecule is COC1CCCC/C=C/C1OC(=O)S. The highest BCUT2D eigenvalue weighted by Gasteiger charge is 2.22. The summed E-state index contributed by atoms with van der Waals surface area (Å²) in [6, 6.07) is 0. The van der Waals surface area contributed by atoms with Crippen LogP contribution in [0.25, 0.3) is 0 Å². The summed E-state index contributed by atoms with van der Waals surface area (Å²) in [6.07, 6.45) is 7.83. The van der Waals surface area contributed by atoms with Crippen molar-refractivity contribution in [2.24, 2.45) is 0 Å². The van der Waals surface area contributed by atoms with Crippen molar-refractivity contribution >= 4 is 17.9 Å². The van der Waals surface area contributed by atoms with E-state index in [0.717, 1.165) is 25.7 Å². The van der Waals surface area contributed by atoms with E-state index in [9.17, 15) is 4.79 Å². The Hall–Kier alpha value is -0.480. The predicted octanol–water partition coefficient (Wildman–Crippen LogP) is 2.57. The Morgan fingerprint density at radius 1 is 1.50 bits per heavy atom.